The fourth-order valence-corrected chi connectivity index (χ4v) is 2.86. The monoisotopic (exact) mass is 292 g/mol. The Hall–Kier alpha value is -1.46. The van der Waals surface area contributed by atoms with E-state index in [0.717, 1.165) is 25.7 Å². The third-order valence-corrected chi connectivity index (χ3v) is 4.04. The van der Waals surface area contributed by atoms with E-state index in [2.05, 4.69) is 0 Å². The SMILES string of the molecule is CN(CC1(O)CCCC1)C(=O)c1cccc(C(N)=S)c1. The van der Waals surface area contributed by atoms with E-state index in [1.165, 1.54) is 0 Å². The molecule has 0 heterocycles. The third-order valence-electron chi connectivity index (χ3n) is 3.81. The van der Waals surface area contributed by atoms with Gasteiger partial charge < -0.3 is 15.7 Å². The summed E-state index contributed by atoms with van der Waals surface area (Å²) in [5.41, 5.74) is 6.07. The summed E-state index contributed by atoms with van der Waals surface area (Å²) in [5, 5.41) is 10.4. The van der Waals surface area contributed by atoms with Gasteiger partial charge in [-0.1, -0.05) is 37.2 Å². The van der Waals surface area contributed by atoms with Crippen molar-refractivity contribution in [1.29, 1.82) is 0 Å². The van der Waals surface area contributed by atoms with Gasteiger partial charge in [0, 0.05) is 24.7 Å². The lowest BCUT2D eigenvalue weighted by molar-refractivity contribution is 0.0157. The Balaban J connectivity index is 2.10. The summed E-state index contributed by atoms with van der Waals surface area (Å²) in [6.07, 6.45) is 3.57. The highest BCUT2D eigenvalue weighted by atomic mass is 32.1. The van der Waals surface area contributed by atoms with Crippen LogP contribution in [0.3, 0.4) is 0 Å². The first kappa shape index (κ1) is 14.9. The van der Waals surface area contributed by atoms with E-state index < -0.39 is 5.60 Å². The van der Waals surface area contributed by atoms with E-state index in [4.69, 9.17) is 18.0 Å². The van der Waals surface area contributed by atoms with E-state index in [1.54, 1.807) is 36.2 Å². The molecule has 0 saturated heterocycles. The molecule has 4 nitrogen and oxygen atoms in total. The van der Waals surface area contributed by atoms with Gasteiger partial charge >= 0.3 is 0 Å². The molecule has 1 aliphatic rings. The number of likely N-dealkylation sites (N-methyl/N-ethyl adjacent to an activating group) is 1. The van der Waals surface area contributed by atoms with Crippen LogP contribution in [-0.2, 0) is 0 Å². The summed E-state index contributed by atoms with van der Waals surface area (Å²) in [6, 6.07) is 6.97. The maximum absolute atomic E-state index is 12.4. The summed E-state index contributed by atoms with van der Waals surface area (Å²) in [6.45, 7) is 0.364. The lowest BCUT2D eigenvalue weighted by Crippen LogP contribution is -2.42. The highest BCUT2D eigenvalue weighted by Crippen LogP contribution is 2.30. The second kappa shape index (κ2) is 5.89. The topological polar surface area (TPSA) is 66.6 Å². The molecule has 1 saturated carbocycles. The zero-order valence-corrected chi connectivity index (χ0v) is 12.4. The molecule has 5 heteroatoms. The maximum Gasteiger partial charge on any atom is 0.253 e. The number of carbonyl (C=O) groups excluding carboxylic acids is 1. The fraction of sp³-hybridized carbons (Fsp3) is 0.467. The summed E-state index contributed by atoms with van der Waals surface area (Å²) in [7, 11) is 1.71. The molecule has 1 amide bonds. The predicted molar refractivity (Wildman–Crippen MR) is 82.7 cm³/mol. The number of amides is 1. The van der Waals surface area contributed by atoms with Crippen LogP contribution in [0, 0.1) is 0 Å². The molecule has 0 spiro atoms. The molecule has 0 radical (unpaired) electrons. The van der Waals surface area contributed by atoms with Crippen molar-refractivity contribution in [3.8, 4) is 0 Å². The van der Waals surface area contributed by atoms with Crippen LogP contribution in [0.15, 0.2) is 24.3 Å². The van der Waals surface area contributed by atoms with Crippen LogP contribution in [0.5, 0.6) is 0 Å². The Morgan fingerprint density at radius 3 is 2.60 bits per heavy atom. The largest absolute Gasteiger partial charge is 0.389 e. The molecule has 0 aromatic heterocycles. The van der Waals surface area contributed by atoms with Gasteiger partial charge in [-0.05, 0) is 25.0 Å². The zero-order valence-electron chi connectivity index (χ0n) is 11.6. The molecule has 3 N–H and O–H groups in total. The van der Waals surface area contributed by atoms with Crippen molar-refractivity contribution in [2.45, 2.75) is 31.3 Å². The molecule has 20 heavy (non-hydrogen) atoms. The number of carbonyl (C=O) groups is 1. The van der Waals surface area contributed by atoms with E-state index in [-0.39, 0.29) is 10.9 Å². The smallest absolute Gasteiger partial charge is 0.253 e. The number of nitrogens with two attached hydrogens (primary N) is 1. The van der Waals surface area contributed by atoms with Crippen LogP contribution >= 0.6 is 12.2 Å². The molecule has 2 rings (SSSR count). The van der Waals surface area contributed by atoms with Crippen molar-refractivity contribution in [3.05, 3.63) is 35.4 Å². The fourth-order valence-electron chi connectivity index (χ4n) is 2.73. The molecule has 0 bridgehead atoms. The van der Waals surface area contributed by atoms with Crippen molar-refractivity contribution in [3.63, 3.8) is 0 Å². The lowest BCUT2D eigenvalue weighted by atomic mass is 10.0. The molecule has 1 fully saturated rings. The van der Waals surface area contributed by atoms with Crippen molar-refractivity contribution in [1.82, 2.24) is 4.90 Å². The van der Waals surface area contributed by atoms with Crippen molar-refractivity contribution in [2.75, 3.05) is 13.6 Å². The Bertz CT molecular complexity index is 524. The highest BCUT2D eigenvalue weighted by Gasteiger charge is 2.33. The molecule has 0 aliphatic heterocycles. The quantitative estimate of drug-likeness (QED) is 0.829. The molecular formula is C15H20N2O2S. The van der Waals surface area contributed by atoms with Crippen LogP contribution in [-0.4, -0.2) is 40.1 Å². The highest BCUT2D eigenvalue weighted by molar-refractivity contribution is 7.80. The van der Waals surface area contributed by atoms with Crippen molar-refractivity contribution >= 4 is 23.1 Å². The van der Waals surface area contributed by atoms with E-state index >= 15 is 0 Å². The molecule has 108 valence electrons. The minimum absolute atomic E-state index is 0.122. The second-order valence-corrected chi connectivity index (χ2v) is 5.98. The van der Waals surface area contributed by atoms with Gasteiger partial charge in [-0.15, -0.1) is 0 Å². The first-order valence-electron chi connectivity index (χ1n) is 6.79. The van der Waals surface area contributed by atoms with Gasteiger partial charge in [-0.2, -0.15) is 0 Å². The molecule has 1 aliphatic carbocycles. The number of aliphatic hydroxyl groups is 1. The minimum atomic E-state index is -0.731. The van der Waals surface area contributed by atoms with Crippen LogP contribution in [0.4, 0.5) is 0 Å². The predicted octanol–water partition coefficient (Wildman–Crippen LogP) is 1.70. The van der Waals surface area contributed by atoms with Gasteiger partial charge in [-0.3, -0.25) is 4.79 Å². The van der Waals surface area contributed by atoms with Gasteiger partial charge in [-0.25, -0.2) is 0 Å². The van der Waals surface area contributed by atoms with Gasteiger partial charge in [0.05, 0.1) is 5.60 Å². The van der Waals surface area contributed by atoms with Crippen molar-refractivity contribution < 1.29 is 9.90 Å². The summed E-state index contributed by atoms with van der Waals surface area (Å²) >= 11 is 4.92. The maximum atomic E-state index is 12.4. The summed E-state index contributed by atoms with van der Waals surface area (Å²) in [4.78, 5) is 14.2. The average Bonchev–Trinajstić information content (AvgIpc) is 2.84. The lowest BCUT2D eigenvalue weighted by Gasteiger charge is -2.28. The number of hydrogen-bond donors (Lipinski definition) is 2. The number of hydrogen-bond acceptors (Lipinski definition) is 3. The first-order chi connectivity index (χ1) is 9.41. The Labute approximate surface area is 124 Å². The van der Waals surface area contributed by atoms with Gasteiger partial charge in [0.1, 0.15) is 4.99 Å². The van der Waals surface area contributed by atoms with Crippen LogP contribution in [0.25, 0.3) is 0 Å². The number of nitrogens with zero attached hydrogens (tertiary/aromatic N) is 1. The van der Waals surface area contributed by atoms with Crippen LogP contribution in [0.2, 0.25) is 0 Å². The van der Waals surface area contributed by atoms with Crippen LogP contribution < -0.4 is 5.73 Å². The van der Waals surface area contributed by atoms with E-state index in [0.29, 0.717) is 17.7 Å². The zero-order chi connectivity index (χ0) is 14.8. The normalized spacial score (nSPS) is 16.9. The molecule has 1 aromatic carbocycles. The van der Waals surface area contributed by atoms with Crippen LogP contribution in [0.1, 0.15) is 41.6 Å². The summed E-state index contributed by atoms with van der Waals surface area (Å²) < 4.78 is 0. The standard InChI is InChI=1S/C15H20N2O2S/c1-17(10-15(19)7-2-3-8-15)14(18)12-6-4-5-11(9-12)13(16)20/h4-6,9,19H,2-3,7-8,10H2,1H3,(H2,16,20). The summed E-state index contributed by atoms with van der Waals surface area (Å²) in [5.74, 6) is -0.122. The second-order valence-electron chi connectivity index (χ2n) is 5.54. The first-order valence-corrected chi connectivity index (χ1v) is 7.20. The number of thiocarbonyl (C=S) groups is 1. The third kappa shape index (κ3) is 3.35. The van der Waals surface area contributed by atoms with Gasteiger partial charge in [0.15, 0.2) is 0 Å². The Morgan fingerprint density at radius 1 is 1.40 bits per heavy atom. The van der Waals surface area contributed by atoms with Crippen molar-refractivity contribution in [2.24, 2.45) is 5.73 Å². The van der Waals surface area contributed by atoms with Gasteiger partial charge in [0.25, 0.3) is 5.91 Å². The molecular weight excluding hydrogens is 272 g/mol. The molecule has 0 unspecified atom stereocenters. The molecule has 1 aromatic rings. The van der Waals surface area contributed by atoms with Gasteiger partial charge in [0.2, 0.25) is 0 Å². The Morgan fingerprint density at radius 2 is 2.00 bits per heavy atom. The van der Waals surface area contributed by atoms with E-state index in [1.807, 2.05) is 0 Å². The number of rotatable bonds is 4. The minimum Gasteiger partial charge on any atom is -0.389 e. The van der Waals surface area contributed by atoms with E-state index in [9.17, 15) is 9.90 Å². The number of benzene rings is 1. The average molecular weight is 292 g/mol. The molecule has 0 atom stereocenters. The Kier molecular flexibility index (Phi) is 4.40.